The number of hydrogen-bond donors (Lipinski definition) is 2. The Kier molecular flexibility index (Phi) is 5.61. The molecule has 0 bridgehead atoms. The molecule has 0 aliphatic carbocycles. The summed E-state index contributed by atoms with van der Waals surface area (Å²) in [4.78, 5) is 11.7. The summed E-state index contributed by atoms with van der Waals surface area (Å²) < 4.78 is 26.9. The fourth-order valence-corrected chi connectivity index (χ4v) is 2.10. The molecule has 2 rings (SSSR count). The first-order chi connectivity index (χ1) is 10.6. The predicted octanol–water partition coefficient (Wildman–Crippen LogP) is 2.75. The summed E-state index contributed by atoms with van der Waals surface area (Å²) in [7, 11) is 0. The Labute approximate surface area is 127 Å². The van der Waals surface area contributed by atoms with Crippen LogP contribution < -0.4 is 5.32 Å². The monoisotopic (exact) mass is 305 g/mol. The Bertz CT molecular complexity index is 646. The molecule has 0 aliphatic heterocycles. The van der Waals surface area contributed by atoms with E-state index in [1.807, 2.05) is 0 Å². The molecular weight excluding hydrogens is 288 g/mol. The third kappa shape index (κ3) is 4.36. The number of amides is 1. The van der Waals surface area contributed by atoms with Crippen molar-refractivity contribution >= 4 is 5.91 Å². The summed E-state index contributed by atoms with van der Waals surface area (Å²) in [5.41, 5.74) is 0.601. The van der Waals surface area contributed by atoms with Crippen molar-refractivity contribution in [1.82, 2.24) is 5.32 Å². The van der Waals surface area contributed by atoms with Gasteiger partial charge in [-0.25, -0.2) is 8.78 Å². The number of halogens is 2. The fourth-order valence-electron chi connectivity index (χ4n) is 2.10. The highest BCUT2D eigenvalue weighted by Crippen LogP contribution is 2.15. The lowest BCUT2D eigenvalue weighted by Crippen LogP contribution is -2.28. The van der Waals surface area contributed by atoms with Gasteiger partial charge >= 0.3 is 0 Å². The number of aliphatic hydroxyl groups is 1. The van der Waals surface area contributed by atoms with Crippen LogP contribution in [0, 0.1) is 11.6 Å². The average molecular weight is 305 g/mol. The van der Waals surface area contributed by atoms with E-state index in [0.29, 0.717) is 5.56 Å². The standard InChI is InChI=1S/C17H17F2NO2/c18-14-7-3-1-5-12(14)9-10-17(22)20-11-16(21)13-6-2-4-8-15(13)19/h1-8,16,21H,9-11H2,(H,20,22). The second-order valence-corrected chi connectivity index (χ2v) is 4.93. The molecule has 5 heteroatoms. The number of carbonyl (C=O) groups excluding carboxylic acids is 1. The van der Waals surface area contributed by atoms with Gasteiger partial charge in [0.25, 0.3) is 0 Å². The lowest BCUT2D eigenvalue weighted by atomic mass is 10.1. The summed E-state index contributed by atoms with van der Waals surface area (Å²) in [6, 6.07) is 12.1. The molecule has 2 aromatic carbocycles. The number of aliphatic hydroxyl groups excluding tert-OH is 1. The third-order valence-corrected chi connectivity index (χ3v) is 3.34. The highest BCUT2D eigenvalue weighted by Gasteiger charge is 2.13. The number of hydrogen-bond acceptors (Lipinski definition) is 2. The van der Waals surface area contributed by atoms with E-state index in [-0.39, 0.29) is 36.7 Å². The zero-order valence-electron chi connectivity index (χ0n) is 11.9. The second kappa shape index (κ2) is 7.66. The Morgan fingerprint density at radius 1 is 1.05 bits per heavy atom. The molecule has 1 amide bonds. The van der Waals surface area contributed by atoms with Gasteiger partial charge in [-0.15, -0.1) is 0 Å². The van der Waals surface area contributed by atoms with Crippen LogP contribution in [0.5, 0.6) is 0 Å². The maximum Gasteiger partial charge on any atom is 0.220 e. The Hall–Kier alpha value is -2.27. The first-order valence-electron chi connectivity index (χ1n) is 7.00. The van der Waals surface area contributed by atoms with Crippen molar-refractivity contribution in [3.8, 4) is 0 Å². The molecule has 2 aromatic rings. The van der Waals surface area contributed by atoms with Gasteiger partial charge in [0.05, 0.1) is 6.10 Å². The highest BCUT2D eigenvalue weighted by molar-refractivity contribution is 5.76. The Morgan fingerprint density at radius 2 is 1.68 bits per heavy atom. The molecule has 0 saturated heterocycles. The van der Waals surface area contributed by atoms with Crippen LogP contribution in [0.15, 0.2) is 48.5 Å². The molecular formula is C17H17F2NO2. The minimum absolute atomic E-state index is 0.0863. The smallest absolute Gasteiger partial charge is 0.220 e. The van der Waals surface area contributed by atoms with Gasteiger partial charge in [-0.05, 0) is 24.1 Å². The van der Waals surface area contributed by atoms with Crippen molar-refractivity contribution < 1.29 is 18.7 Å². The Balaban J connectivity index is 1.81. The van der Waals surface area contributed by atoms with Gasteiger partial charge in [0.1, 0.15) is 11.6 Å². The molecule has 0 aliphatic rings. The molecule has 0 heterocycles. The normalized spacial score (nSPS) is 12.0. The van der Waals surface area contributed by atoms with Crippen LogP contribution >= 0.6 is 0 Å². The van der Waals surface area contributed by atoms with Gasteiger partial charge in [-0.1, -0.05) is 36.4 Å². The van der Waals surface area contributed by atoms with Gasteiger partial charge < -0.3 is 10.4 Å². The van der Waals surface area contributed by atoms with E-state index >= 15 is 0 Å². The lowest BCUT2D eigenvalue weighted by Gasteiger charge is -2.13. The highest BCUT2D eigenvalue weighted by atomic mass is 19.1. The van der Waals surface area contributed by atoms with E-state index in [9.17, 15) is 18.7 Å². The number of carbonyl (C=O) groups is 1. The van der Waals surface area contributed by atoms with Crippen LogP contribution in [0.25, 0.3) is 0 Å². The summed E-state index contributed by atoms with van der Waals surface area (Å²) >= 11 is 0. The molecule has 3 nitrogen and oxygen atoms in total. The molecule has 0 fully saturated rings. The maximum absolute atomic E-state index is 13.5. The predicted molar refractivity (Wildman–Crippen MR) is 79.1 cm³/mol. The van der Waals surface area contributed by atoms with E-state index in [1.54, 1.807) is 24.3 Å². The summed E-state index contributed by atoms with van der Waals surface area (Å²) in [5.74, 6) is -1.18. The molecule has 1 unspecified atom stereocenters. The summed E-state index contributed by atoms with van der Waals surface area (Å²) in [5, 5.41) is 12.4. The fraction of sp³-hybridized carbons (Fsp3) is 0.235. The van der Waals surface area contributed by atoms with Gasteiger partial charge in [0, 0.05) is 18.5 Å². The van der Waals surface area contributed by atoms with Crippen molar-refractivity contribution in [3.63, 3.8) is 0 Å². The summed E-state index contributed by atoms with van der Waals surface area (Å²) in [6.45, 7) is -0.0863. The first-order valence-corrected chi connectivity index (χ1v) is 7.00. The van der Waals surface area contributed by atoms with Crippen LogP contribution in [-0.4, -0.2) is 17.6 Å². The van der Waals surface area contributed by atoms with Crippen LogP contribution in [0.4, 0.5) is 8.78 Å². The topological polar surface area (TPSA) is 49.3 Å². The van der Waals surface area contributed by atoms with Crippen molar-refractivity contribution in [3.05, 3.63) is 71.3 Å². The van der Waals surface area contributed by atoms with Crippen LogP contribution in [0.3, 0.4) is 0 Å². The zero-order valence-corrected chi connectivity index (χ0v) is 11.9. The second-order valence-electron chi connectivity index (χ2n) is 4.93. The van der Waals surface area contributed by atoms with Crippen molar-refractivity contribution in [1.29, 1.82) is 0 Å². The van der Waals surface area contributed by atoms with Crippen molar-refractivity contribution in [2.45, 2.75) is 18.9 Å². The van der Waals surface area contributed by atoms with Crippen LogP contribution in [0.1, 0.15) is 23.7 Å². The minimum atomic E-state index is -1.11. The molecule has 2 N–H and O–H groups in total. The first kappa shape index (κ1) is 16.1. The number of rotatable bonds is 6. The average Bonchev–Trinajstić information content (AvgIpc) is 2.52. The Morgan fingerprint density at radius 3 is 2.36 bits per heavy atom. The number of nitrogens with one attached hydrogen (secondary N) is 1. The molecule has 0 spiro atoms. The quantitative estimate of drug-likeness (QED) is 0.862. The zero-order chi connectivity index (χ0) is 15.9. The van der Waals surface area contributed by atoms with Crippen molar-refractivity contribution in [2.75, 3.05) is 6.54 Å². The minimum Gasteiger partial charge on any atom is -0.386 e. The molecule has 22 heavy (non-hydrogen) atoms. The van der Waals surface area contributed by atoms with Gasteiger partial charge in [-0.2, -0.15) is 0 Å². The van der Waals surface area contributed by atoms with Gasteiger partial charge in [0.2, 0.25) is 5.91 Å². The third-order valence-electron chi connectivity index (χ3n) is 3.34. The summed E-state index contributed by atoms with van der Waals surface area (Å²) in [6.07, 6.45) is -0.738. The van der Waals surface area contributed by atoms with E-state index in [0.717, 1.165) is 0 Å². The molecule has 116 valence electrons. The van der Waals surface area contributed by atoms with E-state index in [1.165, 1.54) is 24.3 Å². The largest absolute Gasteiger partial charge is 0.386 e. The molecule has 0 radical (unpaired) electrons. The van der Waals surface area contributed by atoms with Gasteiger partial charge in [0.15, 0.2) is 0 Å². The van der Waals surface area contributed by atoms with E-state index < -0.39 is 11.9 Å². The molecule has 1 atom stereocenters. The van der Waals surface area contributed by atoms with Crippen LogP contribution in [0.2, 0.25) is 0 Å². The SMILES string of the molecule is O=C(CCc1ccccc1F)NCC(O)c1ccccc1F. The van der Waals surface area contributed by atoms with E-state index in [2.05, 4.69) is 5.32 Å². The van der Waals surface area contributed by atoms with E-state index in [4.69, 9.17) is 0 Å². The molecule has 0 aromatic heterocycles. The number of aryl methyl sites for hydroxylation is 1. The van der Waals surface area contributed by atoms with Gasteiger partial charge in [-0.3, -0.25) is 4.79 Å². The maximum atomic E-state index is 13.5. The molecule has 0 saturated carbocycles. The van der Waals surface area contributed by atoms with Crippen LogP contribution in [-0.2, 0) is 11.2 Å². The number of benzene rings is 2. The lowest BCUT2D eigenvalue weighted by molar-refractivity contribution is -0.121. The van der Waals surface area contributed by atoms with Crippen molar-refractivity contribution in [2.24, 2.45) is 0 Å².